The van der Waals surface area contributed by atoms with Crippen molar-refractivity contribution < 1.29 is 19.2 Å². The maximum Gasteiger partial charge on any atom is 0.269 e. The van der Waals surface area contributed by atoms with Gasteiger partial charge in [-0.25, -0.2) is 4.99 Å². The summed E-state index contributed by atoms with van der Waals surface area (Å²) in [6.07, 6.45) is 1.72. The van der Waals surface area contributed by atoms with Crippen LogP contribution in [0.3, 0.4) is 0 Å². The minimum absolute atomic E-state index is 0.0127. The number of nitro groups is 1. The molecule has 1 heterocycles. The molecule has 1 N–H and O–H groups in total. The fourth-order valence-electron chi connectivity index (χ4n) is 3.07. The van der Waals surface area contributed by atoms with Gasteiger partial charge >= 0.3 is 0 Å². The van der Waals surface area contributed by atoms with Crippen molar-refractivity contribution in [1.29, 1.82) is 0 Å². The Hall–Kier alpha value is -4.11. The first kappa shape index (κ1) is 22.1. The van der Waals surface area contributed by atoms with Crippen LogP contribution in [0.5, 0.6) is 11.5 Å². The molecule has 1 aliphatic rings. The summed E-state index contributed by atoms with van der Waals surface area (Å²) in [5.41, 5.74) is 2.18. The molecule has 4 rings (SSSR count). The van der Waals surface area contributed by atoms with Gasteiger partial charge in [-0.2, -0.15) is 0 Å². The lowest BCUT2D eigenvalue weighted by molar-refractivity contribution is -0.384. The Labute approximate surface area is 194 Å². The number of rotatable bonds is 7. The molecule has 3 aromatic rings. The molecule has 0 radical (unpaired) electrons. The first-order valence-corrected chi connectivity index (χ1v) is 10.7. The van der Waals surface area contributed by atoms with Gasteiger partial charge in [-0.15, -0.1) is 0 Å². The smallest absolute Gasteiger partial charge is 0.269 e. The summed E-state index contributed by atoms with van der Waals surface area (Å²) >= 11 is 1.24. The van der Waals surface area contributed by atoms with Crippen LogP contribution in [-0.2, 0) is 11.4 Å². The normalized spacial score (nSPS) is 15.5. The minimum Gasteiger partial charge on any atom is -0.493 e. The van der Waals surface area contributed by atoms with Crippen LogP contribution in [0.2, 0.25) is 0 Å². The molecule has 8 nitrogen and oxygen atoms in total. The first-order chi connectivity index (χ1) is 16.0. The van der Waals surface area contributed by atoms with Crippen molar-refractivity contribution in [3.63, 3.8) is 0 Å². The number of amidine groups is 1. The summed E-state index contributed by atoms with van der Waals surface area (Å²) in [6, 6.07) is 20.9. The SMILES string of the molecule is COc1cccc(/C=C2/SC(=Nc3ccccc3)NC2=O)c1OCc1ccc([N+](=O)[O-])cc1. The van der Waals surface area contributed by atoms with E-state index >= 15 is 0 Å². The Morgan fingerprint density at radius 3 is 2.52 bits per heavy atom. The number of hydrogen-bond acceptors (Lipinski definition) is 7. The third kappa shape index (κ3) is 5.39. The van der Waals surface area contributed by atoms with E-state index in [1.807, 2.05) is 36.4 Å². The van der Waals surface area contributed by atoms with Crippen LogP contribution in [0.25, 0.3) is 6.08 Å². The van der Waals surface area contributed by atoms with Gasteiger partial charge < -0.3 is 14.8 Å². The number of thioether (sulfide) groups is 1. The molecule has 0 spiro atoms. The van der Waals surface area contributed by atoms with Crippen molar-refractivity contribution >= 4 is 40.3 Å². The van der Waals surface area contributed by atoms with Crippen LogP contribution in [-0.4, -0.2) is 23.1 Å². The molecule has 0 unspecified atom stereocenters. The Morgan fingerprint density at radius 1 is 1.06 bits per heavy atom. The summed E-state index contributed by atoms with van der Waals surface area (Å²) in [4.78, 5) is 27.8. The second-order valence-corrected chi connectivity index (χ2v) is 7.94. The highest BCUT2D eigenvalue weighted by Crippen LogP contribution is 2.36. The van der Waals surface area contributed by atoms with Gasteiger partial charge in [0.25, 0.3) is 11.6 Å². The van der Waals surface area contributed by atoms with Gasteiger partial charge in [0.1, 0.15) is 6.61 Å². The molecule has 1 amide bonds. The van der Waals surface area contributed by atoms with Gasteiger partial charge in [-0.1, -0.05) is 30.3 Å². The number of nitrogens with zero attached hydrogens (tertiary/aromatic N) is 2. The number of nitrogens with one attached hydrogen (secondary N) is 1. The molecule has 1 fully saturated rings. The largest absolute Gasteiger partial charge is 0.493 e. The van der Waals surface area contributed by atoms with Gasteiger partial charge in [0.05, 0.1) is 22.6 Å². The molecule has 0 saturated carbocycles. The van der Waals surface area contributed by atoms with Crippen molar-refractivity contribution in [1.82, 2.24) is 5.32 Å². The van der Waals surface area contributed by atoms with Gasteiger partial charge in [0.2, 0.25) is 0 Å². The predicted molar refractivity (Wildman–Crippen MR) is 128 cm³/mol. The van der Waals surface area contributed by atoms with Gasteiger partial charge in [-0.3, -0.25) is 14.9 Å². The van der Waals surface area contributed by atoms with Gasteiger partial charge in [-0.05, 0) is 53.7 Å². The molecule has 0 atom stereocenters. The van der Waals surface area contributed by atoms with Gasteiger partial charge in [0, 0.05) is 17.7 Å². The van der Waals surface area contributed by atoms with E-state index < -0.39 is 4.92 Å². The van der Waals surface area contributed by atoms with E-state index in [2.05, 4.69) is 10.3 Å². The van der Waals surface area contributed by atoms with Crippen LogP contribution in [0.1, 0.15) is 11.1 Å². The Morgan fingerprint density at radius 2 is 1.82 bits per heavy atom. The van der Waals surface area contributed by atoms with Crippen molar-refractivity contribution in [2.24, 2.45) is 4.99 Å². The van der Waals surface area contributed by atoms with E-state index in [-0.39, 0.29) is 18.2 Å². The maximum atomic E-state index is 12.5. The molecule has 1 aliphatic heterocycles. The molecule has 33 heavy (non-hydrogen) atoms. The number of hydrogen-bond donors (Lipinski definition) is 1. The van der Waals surface area contributed by atoms with E-state index in [9.17, 15) is 14.9 Å². The number of methoxy groups -OCH3 is 1. The second kappa shape index (κ2) is 10.0. The van der Waals surface area contributed by atoms with Gasteiger partial charge in [0.15, 0.2) is 16.7 Å². The van der Waals surface area contributed by atoms with Crippen LogP contribution >= 0.6 is 11.8 Å². The lowest BCUT2D eigenvalue weighted by Gasteiger charge is -2.13. The summed E-state index contributed by atoms with van der Waals surface area (Å²) < 4.78 is 11.4. The minimum atomic E-state index is -0.450. The monoisotopic (exact) mass is 461 g/mol. The summed E-state index contributed by atoms with van der Waals surface area (Å²) in [5, 5.41) is 14.1. The van der Waals surface area contributed by atoms with Crippen LogP contribution in [0.4, 0.5) is 11.4 Å². The molecular weight excluding hydrogens is 442 g/mol. The third-order valence-corrected chi connectivity index (χ3v) is 5.59. The van der Waals surface area contributed by atoms with E-state index in [0.717, 1.165) is 11.3 Å². The lowest BCUT2D eigenvalue weighted by atomic mass is 10.1. The number of para-hydroxylation sites is 2. The van der Waals surface area contributed by atoms with Crippen LogP contribution < -0.4 is 14.8 Å². The molecule has 1 saturated heterocycles. The van der Waals surface area contributed by atoms with E-state index in [1.165, 1.54) is 31.0 Å². The molecule has 0 aliphatic carbocycles. The average molecular weight is 461 g/mol. The Bertz CT molecular complexity index is 1240. The number of carbonyl (C=O) groups excluding carboxylic acids is 1. The number of nitro benzene ring substituents is 1. The summed E-state index contributed by atoms with van der Waals surface area (Å²) in [7, 11) is 1.53. The highest BCUT2D eigenvalue weighted by Gasteiger charge is 2.24. The molecule has 0 aromatic heterocycles. The number of ether oxygens (including phenoxy) is 2. The fraction of sp³-hybridized carbons (Fsp3) is 0.0833. The summed E-state index contributed by atoms with van der Waals surface area (Å²) in [5.74, 6) is 0.722. The number of carbonyl (C=O) groups is 1. The zero-order valence-electron chi connectivity index (χ0n) is 17.6. The van der Waals surface area contributed by atoms with Crippen molar-refractivity contribution in [3.8, 4) is 11.5 Å². The van der Waals surface area contributed by atoms with Crippen molar-refractivity contribution in [2.75, 3.05) is 7.11 Å². The molecule has 3 aromatic carbocycles. The quantitative estimate of drug-likeness (QED) is 0.299. The zero-order chi connectivity index (χ0) is 23.2. The third-order valence-electron chi connectivity index (χ3n) is 4.68. The molecule has 166 valence electrons. The number of aliphatic imine (C=N–C) groups is 1. The van der Waals surface area contributed by atoms with Crippen LogP contribution in [0, 0.1) is 10.1 Å². The number of amides is 1. The molecule has 0 bridgehead atoms. The van der Waals surface area contributed by atoms with E-state index in [4.69, 9.17) is 9.47 Å². The second-order valence-electron chi connectivity index (χ2n) is 6.91. The number of benzene rings is 3. The zero-order valence-corrected chi connectivity index (χ0v) is 18.4. The maximum absolute atomic E-state index is 12.5. The highest BCUT2D eigenvalue weighted by atomic mass is 32.2. The highest BCUT2D eigenvalue weighted by molar-refractivity contribution is 8.18. The predicted octanol–water partition coefficient (Wildman–Crippen LogP) is 5.07. The Kier molecular flexibility index (Phi) is 6.70. The van der Waals surface area contributed by atoms with E-state index in [0.29, 0.717) is 27.1 Å². The standard InChI is InChI=1S/C24H19N3O5S/c1-31-20-9-5-6-17(22(20)32-15-16-10-12-19(13-11-16)27(29)30)14-21-23(28)26-24(33-21)25-18-7-3-2-4-8-18/h2-14H,15H2,1H3,(H,25,26,28)/b21-14+. The molecular formula is C24H19N3O5S. The number of non-ortho nitro benzene ring substituents is 1. The fourth-order valence-corrected chi connectivity index (χ4v) is 3.91. The van der Waals surface area contributed by atoms with E-state index in [1.54, 1.807) is 30.3 Å². The van der Waals surface area contributed by atoms with Crippen LogP contribution in [0.15, 0.2) is 82.7 Å². The lowest BCUT2D eigenvalue weighted by Crippen LogP contribution is -2.19. The first-order valence-electron chi connectivity index (χ1n) is 9.91. The topological polar surface area (TPSA) is 103 Å². The average Bonchev–Trinajstić information content (AvgIpc) is 3.17. The summed E-state index contributed by atoms with van der Waals surface area (Å²) in [6.45, 7) is 0.175. The Balaban J connectivity index is 1.56. The van der Waals surface area contributed by atoms with Crippen molar-refractivity contribution in [3.05, 3.63) is 98.9 Å². The van der Waals surface area contributed by atoms with Crippen molar-refractivity contribution in [2.45, 2.75) is 6.61 Å². The molecule has 9 heteroatoms.